The normalized spacial score (nSPS) is 11.4. The van der Waals surface area contributed by atoms with E-state index in [1.807, 2.05) is 13.0 Å². The summed E-state index contributed by atoms with van der Waals surface area (Å²) in [5.74, 6) is 1.22. The van der Waals surface area contributed by atoms with Gasteiger partial charge in [0.1, 0.15) is 5.82 Å². The van der Waals surface area contributed by atoms with Crippen molar-refractivity contribution < 1.29 is 27.4 Å². The Hall–Kier alpha value is -3.23. The van der Waals surface area contributed by atoms with Crippen molar-refractivity contribution in [3.63, 3.8) is 0 Å². The minimum atomic E-state index is -4.42. The SMILES string of the molecule is CCCOc1ccc(/C=C/C(=O)NCCNc2ccc(C(F)(F)F)cn2)cc1OC. The molecule has 0 atom stereocenters. The van der Waals surface area contributed by atoms with Crippen LogP contribution in [0.3, 0.4) is 0 Å². The Morgan fingerprint density at radius 1 is 1.17 bits per heavy atom. The van der Waals surface area contributed by atoms with Crippen molar-refractivity contribution in [1.29, 1.82) is 0 Å². The molecule has 2 N–H and O–H groups in total. The van der Waals surface area contributed by atoms with Crippen molar-refractivity contribution in [2.45, 2.75) is 19.5 Å². The molecule has 2 rings (SSSR count). The molecular formula is C21H24F3N3O3. The van der Waals surface area contributed by atoms with Crippen LogP contribution in [0, 0.1) is 0 Å². The van der Waals surface area contributed by atoms with Gasteiger partial charge in [0.05, 0.1) is 19.3 Å². The first-order valence-electron chi connectivity index (χ1n) is 9.37. The van der Waals surface area contributed by atoms with E-state index in [0.29, 0.717) is 30.5 Å². The third-order valence-electron chi connectivity index (χ3n) is 3.90. The van der Waals surface area contributed by atoms with Crippen LogP contribution in [0.4, 0.5) is 19.0 Å². The molecule has 1 aromatic heterocycles. The van der Waals surface area contributed by atoms with Gasteiger partial charge in [-0.05, 0) is 42.3 Å². The minimum Gasteiger partial charge on any atom is -0.493 e. The van der Waals surface area contributed by atoms with Gasteiger partial charge >= 0.3 is 6.18 Å². The standard InChI is InChI=1S/C21H24F3N3O3/c1-3-12-30-17-7-4-15(13-18(17)29-2)5-9-20(28)26-11-10-25-19-8-6-16(14-27-19)21(22,23)24/h4-9,13-14H,3,10-12H2,1-2H3,(H,25,27)(H,26,28)/b9-5+. The number of nitrogens with zero attached hydrogens (tertiary/aromatic N) is 1. The fraction of sp³-hybridized carbons (Fsp3) is 0.333. The number of pyridine rings is 1. The lowest BCUT2D eigenvalue weighted by molar-refractivity contribution is -0.137. The van der Waals surface area contributed by atoms with E-state index in [4.69, 9.17) is 9.47 Å². The molecule has 0 spiro atoms. The Balaban J connectivity index is 1.78. The maximum atomic E-state index is 12.5. The number of carbonyl (C=O) groups excluding carboxylic acids is 1. The monoisotopic (exact) mass is 423 g/mol. The maximum Gasteiger partial charge on any atom is 0.417 e. The molecule has 0 unspecified atom stereocenters. The van der Waals surface area contributed by atoms with Crippen molar-refractivity contribution >= 4 is 17.8 Å². The molecule has 0 saturated carbocycles. The van der Waals surface area contributed by atoms with Gasteiger partial charge in [0.25, 0.3) is 0 Å². The van der Waals surface area contributed by atoms with Gasteiger partial charge in [-0.25, -0.2) is 4.98 Å². The second-order valence-electron chi connectivity index (χ2n) is 6.24. The first-order chi connectivity index (χ1) is 14.3. The molecule has 0 aliphatic carbocycles. The van der Waals surface area contributed by atoms with Crippen LogP contribution in [0.2, 0.25) is 0 Å². The van der Waals surface area contributed by atoms with E-state index in [9.17, 15) is 18.0 Å². The Kier molecular flexibility index (Phi) is 8.52. The Morgan fingerprint density at radius 3 is 2.60 bits per heavy atom. The first-order valence-corrected chi connectivity index (χ1v) is 9.37. The fourth-order valence-electron chi connectivity index (χ4n) is 2.39. The lowest BCUT2D eigenvalue weighted by Gasteiger charge is -2.10. The van der Waals surface area contributed by atoms with Crippen LogP contribution in [-0.4, -0.2) is 37.7 Å². The van der Waals surface area contributed by atoms with Gasteiger partial charge in [-0.15, -0.1) is 0 Å². The third kappa shape index (κ3) is 7.31. The van der Waals surface area contributed by atoms with Crippen molar-refractivity contribution in [2.75, 3.05) is 32.1 Å². The van der Waals surface area contributed by atoms with Gasteiger partial charge in [0.2, 0.25) is 5.91 Å². The summed E-state index contributed by atoms with van der Waals surface area (Å²) in [4.78, 5) is 15.6. The Morgan fingerprint density at radius 2 is 1.97 bits per heavy atom. The Labute approximate surface area is 173 Å². The molecule has 162 valence electrons. The Bertz CT molecular complexity index is 853. The number of amides is 1. The van der Waals surface area contributed by atoms with E-state index in [1.165, 1.54) is 12.1 Å². The summed E-state index contributed by atoms with van der Waals surface area (Å²) in [5.41, 5.74) is -0.0361. The average molecular weight is 423 g/mol. The summed E-state index contributed by atoms with van der Waals surface area (Å²) in [7, 11) is 1.55. The van der Waals surface area contributed by atoms with Crippen molar-refractivity contribution in [3.8, 4) is 11.5 Å². The molecule has 6 nitrogen and oxygen atoms in total. The topological polar surface area (TPSA) is 72.5 Å². The minimum absolute atomic E-state index is 0.277. The number of ether oxygens (including phenoxy) is 2. The molecule has 0 saturated heterocycles. The van der Waals surface area contributed by atoms with E-state index in [0.717, 1.165) is 24.2 Å². The zero-order valence-electron chi connectivity index (χ0n) is 16.8. The number of anilines is 1. The van der Waals surface area contributed by atoms with Crippen LogP contribution < -0.4 is 20.1 Å². The fourth-order valence-corrected chi connectivity index (χ4v) is 2.39. The maximum absolute atomic E-state index is 12.5. The highest BCUT2D eigenvalue weighted by Gasteiger charge is 2.30. The van der Waals surface area contributed by atoms with Gasteiger partial charge < -0.3 is 20.1 Å². The van der Waals surface area contributed by atoms with Crippen LogP contribution >= 0.6 is 0 Å². The summed E-state index contributed by atoms with van der Waals surface area (Å²) in [6.45, 7) is 3.19. The van der Waals surface area contributed by atoms with Gasteiger partial charge in [-0.3, -0.25) is 4.79 Å². The van der Waals surface area contributed by atoms with E-state index >= 15 is 0 Å². The number of aromatic nitrogens is 1. The van der Waals surface area contributed by atoms with Gasteiger partial charge in [-0.2, -0.15) is 13.2 Å². The molecule has 30 heavy (non-hydrogen) atoms. The summed E-state index contributed by atoms with van der Waals surface area (Å²) >= 11 is 0. The number of methoxy groups -OCH3 is 1. The van der Waals surface area contributed by atoms with Crippen LogP contribution in [-0.2, 0) is 11.0 Å². The number of rotatable bonds is 10. The number of nitrogens with one attached hydrogen (secondary N) is 2. The summed E-state index contributed by atoms with van der Waals surface area (Å²) in [6.07, 6.45) is 0.258. The number of benzene rings is 1. The zero-order chi connectivity index (χ0) is 22.0. The van der Waals surface area contributed by atoms with E-state index in [1.54, 1.807) is 25.3 Å². The van der Waals surface area contributed by atoms with Crippen LogP contribution in [0.15, 0.2) is 42.6 Å². The van der Waals surface area contributed by atoms with Crippen LogP contribution in [0.1, 0.15) is 24.5 Å². The number of carbonyl (C=O) groups is 1. The average Bonchev–Trinajstić information content (AvgIpc) is 2.73. The van der Waals surface area contributed by atoms with Gasteiger partial charge in [0.15, 0.2) is 11.5 Å². The molecule has 0 bridgehead atoms. The highest BCUT2D eigenvalue weighted by molar-refractivity contribution is 5.91. The highest BCUT2D eigenvalue weighted by Crippen LogP contribution is 2.29. The molecule has 1 amide bonds. The second kappa shape index (κ2) is 11.1. The number of alkyl halides is 3. The molecule has 0 fully saturated rings. The van der Waals surface area contributed by atoms with Crippen molar-refractivity contribution in [3.05, 3.63) is 53.7 Å². The van der Waals surface area contributed by atoms with Crippen LogP contribution in [0.5, 0.6) is 11.5 Å². The molecule has 1 heterocycles. The predicted molar refractivity (Wildman–Crippen MR) is 109 cm³/mol. The highest BCUT2D eigenvalue weighted by atomic mass is 19.4. The van der Waals surface area contributed by atoms with Gasteiger partial charge in [0, 0.05) is 25.4 Å². The molecule has 0 radical (unpaired) electrons. The lowest BCUT2D eigenvalue weighted by Crippen LogP contribution is -2.27. The number of hydrogen-bond acceptors (Lipinski definition) is 5. The summed E-state index contributed by atoms with van der Waals surface area (Å²) in [6, 6.07) is 7.56. The van der Waals surface area contributed by atoms with Crippen LogP contribution in [0.25, 0.3) is 6.08 Å². The molecule has 1 aromatic carbocycles. The first kappa shape index (κ1) is 23.1. The summed E-state index contributed by atoms with van der Waals surface area (Å²) in [5, 5.41) is 5.52. The zero-order valence-corrected chi connectivity index (χ0v) is 16.8. The lowest BCUT2D eigenvalue weighted by atomic mass is 10.2. The van der Waals surface area contributed by atoms with Gasteiger partial charge in [-0.1, -0.05) is 13.0 Å². The number of hydrogen-bond donors (Lipinski definition) is 2. The van der Waals surface area contributed by atoms with E-state index < -0.39 is 11.7 Å². The molecule has 9 heteroatoms. The molecule has 2 aromatic rings. The van der Waals surface area contributed by atoms with E-state index in [2.05, 4.69) is 15.6 Å². The number of halogens is 3. The quantitative estimate of drug-likeness (QED) is 0.444. The third-order valence-corrected chi connectivity index (χ3v) is 3.90. The van der Waals surface area contributed by atoms with Crippen molar-refractivity contribution in [2.24, 2.45) is 0 Å². The molecule has 0 aliphatic heterocycles. The molecular weight excluding hydrogens is 399 g/mol. The second-order valence-corrected chi connectivity index (χ2v) is 6.24. The largest absolute Gasteiger partial charge is 0.493 e. The smallest absolute Gasteiger partial charge is 0.417 e. The summed E-state index contributed by atoms with van der Waals surface area (Å²) < 4.78 is 48.4. The predicted octanol–water partition coefficient (Wildman–Crippen LogP) is 4.14. The van der Waals surface area contributed by atoms with E-state index in [-0.39, 0.29) is 12.5 Å². The van der Waals surface area contributed by atoms with Crippen molar-refractivity contribution in [1.82, 2.24) is 10.3 Å². The molecule has 0 aliphatic rings.